The molecule has 90 valence electrons. The number of hydrogen-bond acceptors (Lipinski definition) is 4. The first-order valence-electron chi connectivity index (χ1n) is 5.35. The van der Waals surface area contributed by atoms with Crippen molar-refractivity contribution in [3.05, 3.63) is 59.3 Å². The van der Waals surface area contributed by atoms with Gasteiger partial charge in [-0.25, -0.2) is 4.98 Å². The molecular weight excluding hydrogens is 252 g/mol. The third kappa shape index (κ3) is 1.83. The van der Waals surface area contributed by atoms with Gasteiger partial charge >= 0.3 is 0 Å². The van der Waals surface area contributed by atoms with E-state index in [9.17, 15) is 5.11 Å². The number of fused-ring (bicyclic) bond motifs is 1. The van der Waals surface area contributed by atoms with Crippen LogP contribution < -0.4 is 0 Å². The molecule has 0 saturated heterocycles. The fourth-order valence-corrected chi connectivity index (χ4v) is 1.90. The van der Waals surface area contributed by atoms with Gasteiger partial charge in [-0.15, -0.1) is 10.2 Å². The van der Waals surface area contributed by atoms with Crippen molar-refractivity contribution in [2.24, 2.45) is 0 Å². The molecule has 0 radical (unpaired) electrons. The fourth-order valence-electron chi connectivity index (χ4n) is 1.76. The summed E-state index contributed by atoms with van der Waals surface area (Å²) in [5.41, 5.74) is 1.31. The van der Waals surface area contributed by atoms with Gasteiger partial charge in [0.1, 0.15) is 17.6 Å². The molecule has 1 aromatic carbocycles. The lowest BCUT2D eigenvalue weighted by atomic mass is 10.1. The van der Waals surface area contributed by atoms with Crippen LogP contribution in [0.5, 0.6) is 0 Å². The summed E-state index contributed by atoms with van der Waals surface area (Å²) in [4.78, 5) is 3.95. The third-order valence-electron chi connectivity index (χ3n) is 2.65. The van der Waals surface area contributed by atoms with Crippen molar-refractivity contribution in [1.82, 2.24) is 19.6 Å². The minimum atomic E-state index is -0.843. The van der Waals surface area contributed by atoms with E-state index in [0.717, 1.165) is 5.56 Å². The van der Waals surface area contributed by atoms with E-state index in [1.54, 1.807) is 10.5 Å². The van der Waals surface area contributed by atoms with Crippen LogP contribution in [0.1, 0.15) is 17.5 Å². The Morgan fingerprint density at radius 3 is 2.72 bits per heavy atom. The number of aliphatic hydroxyl groups excluding tert-OH is 1. The second kappa shape index (κ2) is 4.36. The number of nitrogens with zero attached hydrogens (tertiary/aromatic N) is 4. The van der Waals surface area contributed by atoms with Gasteiger partial charge in [0.05, 0.1) is 0 Å². The first-order chi connectivity index (χ1) is 8.75. The maximum absolute atomic E-state index is 10.3. The van der Waals surface area contributed by atoms with E-state index in [1.807, 2.05) is 30.3 Å². The first kappa shape index (κ1) is 11.1. The van der Waals surface area contributed by atoms with Gasteiger partial charge in [-0.05, 0) is 5.56 Å². The van der Waals surface area contributed by atoms with E-state index in [4.69, 9.17) is 11.6 Å². The maximum Gasteiger partial charge on any atom is 0.172 e. The molecule has 5 nitrogen and oxygen atoms in total. The summed E-state index contributed by atoms with van der Waals surface area (Å²) in [6.45, 7) is 0. The highest BCUT2D eigenvalue weighted by molar-refractivity contribution is 6.29. The molecule has 0 aliphatic rings. The molecule has 0 aliphatic carbocycles. The van der Waals surface area contributed by atoms with Gasteiger partial charge in [-0.3, -0.25) is 4.40 Å². The maximum atomic E-state index is 10.3. The summed E-state index contributed by atoms with van der Waals surface area (Å²) in [6, 6.07) is 10.9. The zero-order valence-corrected chi connectivity index (χ0v) is 9.99. The van der Waals surface area contributed by atoms with Crippen LogP contribution in [0.15, 0.2) is 42.7 Å². The number of halogens is 1. The van der Waals surface area contributed by atoms with Gasteiger partial charge in [0.25, 0.3) is 0 Å². The van der Waals surface area contributed by atoms with Crippen LogP contribution in [0, 0.1) is 0 Å². The Labute approximate surface area is 108 Å². The van der Waals surface area contributed by atoms with Crippen LogP contribution in [0.4, 0.5) is 0 Å². The minimum Gasteiger partial charge on any atom is -0.380 e. The molecule has 0 amide bonds. The van der Waals surface area contributed by atoms with Gasteiger partial charge in [0.15, 0.2) is 11.5 Å². The Kier molecular flexibility index (Phi) is 2.70. The Balaban J connectivity index is 2.10. The van der Waals surface area contributed by atoms with Crippen molar-refractivity contribution in [3.63, 3.8) is 0 Å². The smallest absolute Gasteiger partial charge is 0.172 e. The summed E-state index contributed by atoms with van der Waals surface area (Å²) < 4.78 is 1.61. The van der Waals surface area contributed by atoms with Crippen molar-refractivity contribution < 1.29 is 5.11 Å². The molecule has 0 fully saturated rings. The number of benzene rings is 1. The van der Waals surface area contributed by atoms with Crippen LogP contribution in [0.3, 0.4) is 0 Å². The lowest BCUT2D eigenvalue weighted by Crippen LogP contribution is -2.05. The Morgan fingerprint density at radius 1 is 1.17 bits per heavy atom. The highest BCUT2D eigenvalue weighted by Gasteiger charge is 2.17. The molecular formula is C12H9ClN4O. The Morgan fingerprint density at radius 2 is 1.94 bits per heavy atom. The van der Waals surface area contributed by atoms with Gasteiger partial charge < -0.3 is 5.11 Å². The molecule has 18 heavy (non-hydrogen) atoms. The molecule has 2 heterocycles. The second-order valence-corrected chi connectivity index (χ2v) is 4.20. The molecule has 0 bridgehead atoms. The lowest BCUT2D eigenvalue weighted by Gasteiger charge is -2.08. The first-order valence-corrected chi connectivity index (χ1v) is 5.72. The number of hydrogen-bond donors (Lipinski definition) is 1. The van der Waals surface area contributed by atoms with Gasteiger partial charge in [0, 0.05) is 6.07 Å². The summed E-state index contributed by atoms with van der Waals surface area (Å²) >= 11 is 5.77. The van der Waals surface area contributed by atoms with Crippen LogP contribution in [-0.4, -0.2) is 24.7 Å². The highest BCUT2D eigenvalue weighted by Crippen LogP contribution is 2.20. The fraction of sp³-hybridized carbons (Fsp3) is 0.0833. The average Bonchev–Trinajstić information content (AvgIpc) is 2.81. The monoisotopic (exact) mass is 260 g/mol. The molecule has 3 aromatic rings. The Hall–Kier alpha value is -1.98. The molecule has 1 atom stereocenters. The molecule has 0 saturated carbocycles. The molecule has 3 rings (SSSR count). The molecule has 2 aromatic heterocycles. The normalized spacial score (nSPS) is 12.8. The summed E-state index contributed by atoms with van der Waals surface area (Å²) in [7, 11) is 0. The summed E-state index contributed by atoms with van der Waals surface area (Å²) in [5.74, 6) is 0.417. The van der Waals surface area contributed by atoms with Crippen molar-refractivity contribution >= 4 is 17.2 Å². The van der Waals surface area contributed by atoms with E-state index in [2.05, 4.69) is 15.2 Å². The summed E-state index contributed by atoms with van der Waals surface area (Å²) in [6.07, 6.45) is 0.656. The van der Waals surface area contributed by atoms with Gasteiger partial charge in [0.2, 0.25) is 0 Å². The lowest BCUT2D eigenvalue weighted by molar-refractivity contribution is 0.208. The SMILES string of the molecule is OC(c1ccccc1)c1nnc2cc(Cl)ncn12. The number of aliphatic hydroxyl groups is 1. The van der Waals surface area contributed by atoms with E-state index in [0.29, 0.717) is 16.6 Å². The van der Waals surface area contributed by atoms with Crippen LogP contribution in [0.2, 0.25) is 5.15 Å². The van der Waals surface area contributed by atoms with Crippen molar-refractivity contribution in [2.75, 3.05) is 0 Å². The molecule has 0 aliphatic heterocycles. The molecule has 1 N–H and O–H groups in total. The molecule has 1 unspecified atom stereocenters. The summed E-state index contributed by atoms with van der Waals surface area (Å²) in [5, 5.41) is 18.5. The molecule has 6 heteroatoms. The predicted octanol–water partition coefficient (Wildman–Crippen LogP) is 1.86. The van der Waals surface area contributed by atoms with E-state index in [-0.39, 0.29) is 0 Å². The van der Waals surface area contributed by atoms with Gasteiger partial charge in [-0.1, -0.05) is 41.9 Å². The van der Waals surface area contributed by atoms with Crippen molar-refractivity contribution in [1.29, 1.82) is 0 Å². The van der Waals surface area contributed by atoms with Crippen LogP contribution in [0.25, 0.3) is 5.65 Å². The largest absolute Gasteiger partial charge is 0.380 e. The quantitative estimate of drug-likeness (QED) is 0.715. The second-order valence-electron chi connectivity index (χ2n) is 3.81. The average molecular weight is 261 g/mol. The highest BCUT2D eigenvalue weighted by atomic mass is 35.5. The van der Waals surface area contributed by atoms with Crippen molar-refractivity contribution in [2.45, 2.75) is 6.10 Å². The zero-order chi connectivity index (χ0) is 12.5. The van der Waals surface area contributed by atoms with E-state index < -0.39 is 6.10 Å². The molecule has 0 spiro atoms. The Bertz CT molecular complexity index is 683. The van der Waals surface area contributed by atoms with Crippen LogP contribution >= 0.6 is 11.6 Å². The predicted molar refractivity (Wildman–Crippen MR) is 66.3 cm³/mol. The van der Waals surface area contributed by atoms with Gasteiger partial charge in [-0.2, -0.15) is 0 Å². The number of aromatic nitrogens is 4. The zero-order valence-electron chi connectivity index (χ0n) is 9.23. The van der Waals surface area contributed by atoms with Crippen molar-refractivity contribution in [3.8, 4) is 0 Å². The topological polar surface area (TPSA) is 63.3 Å². The van der Waals surface area contributed by atoms with E-state index in [1.165, 1.54) is 6.33 Å². The standard InChI is InChI=1S/C12H9ClN4O/c13-9-6-10-15-16-12(17(10)7-14-9)11(18)8-4-2-1-3-5-8/h1-7,11,18H. The van der Waals surface area contributed by atoms with Crippen LogP contribution in [-0.2, 0) is 0 Å². The van der Waals surface area contributed by atoms with E-state index >= 15 is 0 Å². The number of rotatable bonds is 2. The minimum absolute atomic E-state index is 0.343. The third-order valence-corrected chi connectivity index (χ3v) is 2.86.